The van der Waals surface area contributed by atoms with E-state index in [4.69, 9.17) is 9.15 Å². The first-order valence-electron chi connectivity index (χ1n) is 7.80. The molecule has 1 N–H and O–H groups in total. The average molecular weight is 307 g/mol. The molecule has 118 valence electrons. The van der Waals surface area contributed by atoms with E-state index < -0.39 is 0 Å². The Kier molecular flexibility index (Phi) is 5.12. The quantitative estimate of drug-likeness (QED) is 0.700. The molecule has 3 nitrogen and oxygen atoms in total. The summed E-state index contributed by atoms with van der Waals surface area (Å²) in [5.41, 5.74) is 3.58. The van der Waals surface area contributed by atoms with Crippen molar-refractivity contribution in [3.8, 4) is 5.75 Å². The zero-order valence-corrected chi connectivity index (χ0v) is 13.3. The molecule has 3 aromatic rings. The molecule has 0 aliphatic rings. The predicted octanol–water partition coefficient (Wildman–Crippen LogP) is 4.46. The van der Waals surface area contributed by atoms with Crippen LogP contribution in [0.4, 0.5) is 0 Å². The summed E-state index contributed by atoms with van der Waals surface area (Å²) in [5, 5.41) is 3.38. The van der Waals surface area contributed by atoms with E-state index in [2.05, 4.69) is 42.6 Å². The zero-order valence-electron chi connectivity index (χ0n) is 13.3. The lowest BCUT2D eigenvalue weighted by molar-refractivity contribution is 0.302. The lowest BCUT2D eigenvalue weighted by Gasteiger charge is -2.12. The Balaban J connectivity index is 1.57. The van der Waals surface area contributed by atoms with Crippen LogP contribution in [0.25, 0.3) is 0 Å². The fraction of sp³-hybridized carbons (Fsp3) is 0.200. The third kappa shape index (κ3) is 4.47. The second-order valence-corrected chi connectivity index (χ2v) is 5.56. The Morgan fingerprint density at radius 3 is 2.52 bits per heavy atom. The van der Waals surface area contributed by atoms with Crippen LogP contribution in [-0.2, 0) is 19.7 Å². The molecule has 1 heterocycles. The van der Waals surface area contributed by atoms with E-state index in [1.807, 2.05) is 30.3 Å². The van der Waals surface area contributed by atoms with Crippen LogP contribution in [0.2, 0.25) is 0 Å². The van der Waals surface area contributed by atoms with E-state index in [9.17, 15) is 0 Å². The number of aryl methyl sites for hydroxylation is 1. The number of furan rings is 1. The van der Waals surface area contributed by atoms with Gasteiger partial charge < -0.3 is 14.5 Å². The molecule has 0 saturated heterocycles. The molecule has 0 atom stereocenters. The maximum absolute atomic E-state index is 5.99. The normalized spacial score (nSPS) is 10.7. The fourth-order valence-electron chi connectivity index (χ4n) is 2.37. The second kappa shape index (κ2) is 7.65. The van der Waals surface area contributed by atoms with Gasteiger partial charge in [-0.2, -0.15) is 0 Å². The smallest absolute Gasteiger partial charge is 0.124 e. The van der Waals surface area contributed by atoms with Gasteiger partial charge in [0.1, 0.15) is 18.1 Å². The molecular weight excluding hydrogens is 286 g/mol. The molecule has 3 heteroatoms. The van der Waals surface area contributed by atoms with Gasteiger partial charge >= 0.3 is 0 Å². The maximum atomic E-state index is 5.99. The van der Waals surface area contributed by atoms with Gasteiger partial charge in [0.15, 0.2) is 0 Å². The Morgan fingerprint density at radius 1 is 0.913 bits per heavy atom. The van der Waals surface area contributed by atoms with Crippen LogP contribution in [-0.4, -0.2) is 0 Å². The molecule has 0 fully saturated rings. The first-order chi connectivity index (χ1) is 11.3. The van der Waals surface area contributed by atoms with E-state index >= 15 is 0 Å². The van der Waals surface area contributed by atoms with Crippen LogP contribution in [0.5, 0.6) is 5.75 Å². The Morgan fingerprint density at radius 2 is 1.74 bits per heavy atom. The van der Waals surface area contributed by atoms with Crippen molar-refractivity contribution in [2.75, 3.05) is 0 Å². The minimum absolute atomic E-state index is 0.579. The highest BCUT2D eigenvalue weighted by molar-refractivity contribution is 5.33. The molecule has 0 amide bonds. The van der Waals surface area contributed by atoms with E-state index in [1.54, 1.807) is 6.26 Å². The summed E-state index contributed by atoms with van der Waals surface area (Å²) in [6.07, 6.45) is 1.69. The van der Waals surface area contributed by atoms with Crippen LogP contribution in [0.15, 0.2) is 71.3 Å². The highest BCUT2D eigenvalue weighted by Crippen LogP contribution is 2.19. The zero-order chi connectivity index (χ0) is 15.9. The number of rotatable bonds is 7. The van der Waals surface area contributed by atoms with Crippen molar-refractivity contribution in [3.05, 3.63) is 89.4 Å². The minimum atomic E-state index is 0.579. The van der Waals surface area contributed by atoms with Crippen LogP contribution in [0.3, 0.4) is 0 Å². The van der Waals surface area contributed by atoms with Gasteiger partial charge in [-0.15, -0.1) is 0 Å². The molecule has 0 aliphatic heterocycles. The molecular formula is C20H21NO2. The predicted molar refractivity (Wildman–Crippen MR) is 91.2 cm³/mol. The summed E-state index contributed by atoms with van der Waals surface area (Å²) in [5.74, 6) is 1.85. The van der Waals surface area contributed by atoms with Gasteiger partial charge in [-0.3, -0.25) is 0 Å². The Bertz CT molecular complexity index is 718. The van der Waals surface area contributed by atoms with E-state index in [1.165, 1.54) is 11.1 Å². The van der Waals surface area contributed by atoms with E-state index in [-0.39, 0.29) is 0 Å². The third-order valence-electron chi connectivity index (χ3n) is 3.68. The molecule has 0 bridgehead atoms. The van der Waals surface area contributed by atoms with Gasteiger partial charge in [-0.25, -0.2) is 0 Å². The van der Waals surface area contributed by atoms with Crippen molar-refractivity contribution in [2.45, 2.75) is 26.6 Å². The molecule has 23 heavy (non-hydrogen) atoms. The van der Waals surface area contributed by atoms with Gasteiger partial charge in [-0.1, -0.05) is 48.0 Å². The topological polar surface area (TPSA) is 34.4 Å². The molecule has 0 saturated carbocycles. The summed E-state index contributed by atoms with van der Waals surface area (Å²) in [6, 6.07) is 20.4. The number of para-hydroxylation sites is 1. The van der Waals surface area contributed by atoms with Crippen LogP contribution < -0.4 is 10.1 Å². The van der Waals surface area contributed by atoms with Crippen LogP contribution >= 0.6 is 0 Å². The maximum Gasteiger partial charge on any atom is 0.124 e. The van der Waals surface area contributed by atoms with Crippen molar-refractivity contribution in [1.82, 2.24) is 5.32 Å². The first kappa shape index (κ1) is 15.4. The summed E-state index contributed by atoms with van der Waals surface area (Å²) < 4.78 is 11.3. The van der Waals surface area contributed by atoms with Crippen LogP contribution in [0.1, 0.15) is 22.5 Å². The number of benzene rings is 2. The summed E-state index contributed by atoms with van der Waals surface area (Å²) >= 11 is 0. The van der Waals surface area contributed by atoms with Gasteiger partial charge in [0.25, 0.3) is 0 Å². The second-order valence-electron chi connectivity index (χ2n) is 5.56. The monoisotopic (exact) mass is 307 g/mol. The molecule has 1 aromatic heterocycles. The SMILES string of the molecule is Cc1ccc(COc2ccccc2CNCc2ccco2)cc1. The van der Waals surface area contributed by atoms with Gasteiger partial charge in [0.05, 0.1) is 12.8 Å². The lowest BCUT2D eigenvalue weighted by atomic mass is 10.1. The summed E-state index contributed by atoms with van der Waals surface area (Å²) in [6.45, 7) is 4.12. The molecule has 0 spiro atoms. The van der Waals surface area contributed by atoms with E-state index in [0.717, 1.165) is 23.6 Å². The largest absolute Gasteiger partial charge is 0.489 e. The molecule has 0 unspecified atom stereocenters. The molecule has 2 aromatic carbocycles. The summed E-state index contributed by atoms with van der Waals surface area (Å²) in [7, 11) is 0. The lowest BCUT2D eigenvalue weighted by Crippen LogP contribution is -2.13. The van der Waals surface area contributed by atoms with Crippen molar-refractivity contribution in [2.24, 2.45) is 0 Å². The standard InChI is InChI=1S/C20H21NO2/c1-16-8-10-17(11-9-16)15-23-20-7-3-2-5-18(20)13-21-14-19-6-4-12-22-19/h2-12,21H,13-15H2,1H3. The number of nitrogens with one attached hydrogen (secondary N) is 1. The van der Waals surface area contributed by atoms with Crippen LogP contribution in [0, 0.1) is 6.92 Å². The highest BCUT2D eigenvalue weighted by atomic mass is 16.5. The molecule has 3 rings (SSSR count). The number of hydrogen-bond acceptors (Lipinski definition) is 3. The Labute approximate surface area is 136 Å². The van der Waals surface area contributed by atoms with Gasteiger partial charge in [0, 0.05) is 12.1 Å². The minimum Gasteiger partial charge on any atom is -0.489 e. The molecule has 0 radical (unpaired) electrons. The Hall–Kier alpha value is -2.52. The van der Waals surface area contributed by atoms with Crippen molar-refractivity contribution >= 4 is 0 Å². The van der Waals surface area contributed by atoms with Crippen molar-refractivity contribution < 1.29 is 9.15 Å². The first-order valence-corrected chi connectivity index (χ1v) is 7.80. The van der Waals surface area contributed by atoms with Gasteiger partial charge in [-0.05, 0) is 30.7 Å². The van der Waals surface area contributed by atoms with Crippen molar-refractivity contribution in [1.29, 1.82) is 0 Å². The van der Waals surface area contributed by atoms with Crippen molar-refractivity contribution in [3.63, 3.8) is 0 Å². The molecule has 0 aliphatic carbocycles. The summed E-state index contributed by atoms with van der Waals surface area (Å²) in [4.78, 5) is 0. The fourth-order valence-corrected chi connectivity index (χ4v) is 2.37. The number of hydrogen-bond donors (Lipinski definition) is 1. The highest BCUT2D eigenvalue weighted by Gasteiger charge is 2.04. The third-order valence-corrected chi connectivity index (χ3v) is 3.68. The number of ether oxygens (including phenoxy) is 1. The average Bonchev–Trinajstić information content (AvgIpc) is 3.09. The van der Waals surface area contributed by atoms with E-state index in [0.29, 0.717) is 13.2 Å². The van der Waals surface area contributed by atoms with Gasteiger partial charge in [0.2, 0.25) is 0 Å².